The molecule has 1 rings (SSSR count). The molecular weight excluding hydrogens is 220 g/mol. The van der Waals surface area contributed by atoms with Crippen molar-refractivity contribution in [2.45, 2.75) is 26.7 Å². The molecule has 1 aromatic rings. The smallest absolute Gasteiger partial charge is 0.137 e. The van der Waals surface area contributed by atoms with Crippen LogP contribution in [0.2, 0.25) is 0 Å². The largest absolute Gasteiger partial charge is 0.492 e. The van der Waals surface area contributed by atoms with E-state index in [1.54, 1.807) is 12.3 Å². The number of pyridine rings is 1. The van der Waals surface area contributed by atoms with Crippen LogP contribution in [-0.2, 0) is 0 Å². The van der Waals surface area contributed by atoms with Crippen LogP contribution in [0.4, 0.5) is 0 Å². The summed E-state index contributed by atoms with van der Waals surface area (Å²) in [5, 5.41) is 0. The Balaban J connectivity index is 2.46. The highest BCUT2D eigenvalue weighted by molar-refractivity contribution is 7.80. The maximum absolute atomic E-state index is 5.61. The SMILES string of the molecule is CCCC(C)COc1ccc(C(N)=S)nc1. The van der Waals surface area contributed by atoms with Crippen molar-refractivity contribution in [1.29, 1.82) is 0 Å². The third-order valence-electron chi connectivity index (χ3n) is 2.30. The van der Waals surface area contributed by atoms with Crippen LogP contribution in [-0.4, -0.2) is 16.6 Å². The first-order valence-electron chi connectivity index (χ1n) is 5.52. The summed E-state index contributed by atoms with van der Waals surface area (Å²) in [4.78, 5) is 4.42. The zero-order valence-electron chi connectivity index (χ0n) is 9.77. The molecule has 1 aromatic heterocycles. The molecule has 0 aliphatic heterocycles. The lowest BCUT2D eigenvalue weighted by molar-refractivity contribution is 0.250. The van der Waals surface area contributed by atoms with E-state index >= 15 is 0 Å². The molecule has 0 aliphatic carbocycles. The maximum Gasteiger partial charge on any atom is 0.137 e. The van der Waals surface area contributed by atoms with Gasteiger partial charge in [0.2, 0.25) is 0 Å². The van der Waals surface area contributed by atoms with Gasteiger partial charge in [-0.15, -0.1) is 0 Å². The Kier molecular flexibility index (Phi) is 5.19. The molecule has 1 atom stereocenters. The minimum Gasteiger partial charge on any atom is -0.492 e. The lowest BCUT2D eigenvalue weighted by Gasteiger charge is -2.11. The number of nitrogens with two attached hydrogens (primary N) is 1. The van der Waals surface area contributed by atoms with Crippen molar-refractivity contribution in [3.63, 3.8) is 0 Å². The van der Waals surface area contributed by atoms with E-state index in [1.807, 2.05) is 6.07 Å². The number of thiocarbonyl (C=S) groups is 1. The molecule has 0 saturated carbocycles. The summed E-state index contributed by atoms with van der Waals surface area (Å²) >= 11 is 4.82. The Bertz CT molecular complexity index is 337. The summed E-state index contributed by atoms with van der Waals surface area (Å²) in [6.07, 6.45) is 4.02. The van der Waals surface area contributed by atoms with Crippen LogP contribution in [0.15, 0.2) is 18.3 Å². The molecule has 2 N–H and O–H groups in total. The zero-order chi connectivity index (χ0) is 12.0. The summed E-state index contributed by atoms with van der Waals surface area (Å²) in [5.41, 5.74) is 6.08. The number of hydrogen-bond donors (Lipinski definition) is 1. The van der Waals surface area contributed by atoms with Gasteiger partial charge in [-0.05, 0) is 24.5 Å². The van der Waals surface area contributed by atoms with Gasteiger partial charge in [0.25, 0.3) is 0 Å². The average molecular weight is 238 g/mol. The fraction of sp³-hybridized carbons (Fsp3) is 0.500. The molecule has 1 heterocycles. The van der Waals surface area contributed by atoms with Gasteiger partial charge in [0.15, 0.2) is 0 Å². The van der Waals surface area contributed by atoms with Crippen molar-refractivity contribution < 1.29 is 4.74 Å². The second-order valence-corrected chi connectivity index (χ2v) is 4.39. The van der Waals surface area contributed by atoms with Crippen LogP contribution < -0.4 is 10.5 Å². The first-order valence-corrected chi connectivity index (χ1v) is 5.93. The number of rotatable bonds is 6. The fourth-order valence-corrected chi connectivity index (χ4v) is 1.55. The van der Waals surface area contributed by atoms with Crippen LogP contribution in [0, 0.1) is 5.92 Å². The third kappa shape index (κ3) is 4.14. The van der Waals surface area contributed by atoms with Crippen molar-refractivity contribution in [3.05, 3.63) is 24.0 Å². The van der Waals surface area contributed by atoms with Crippen LogP contribution in [0.25, 0.3) is 0 Å². The molecule has 0 aliphatic rings. The molecule has 1 unspecified atom stereocenters. The topological polar surface area (TPSA) is 48.1 Å². The number of ether oxygens (including phenoxy) is 1. The minimum absolute atomic E-state index is 0.311. The van der Waals surface area contributed by atoms with Gasteiger partial charge in [0.05, 0.1) is 18.5 Å². The van der Waals surface area contributed by atoms with Crippen LogP contribution >= 0.6 is 12.2 Å². The van der Waals surface area contributed by atoms with Crippen molar-refractivity contribution in [2.75, 3.05) is 6.61 Å². The normalized spacial score (nSPS) is 12.1. The van der Waals surface area contributed by atoms with Crippen molar-refractivity contribution >= 4 is 17.2 Å². The predicted molar refractivity (Wildman–Crippen MR) is 69.7 cm³/mol. The monoisotopic (exact) mass is 238 g/mol. The van der Waals surface area contributed by atoms with Crippen molar-refractivity contribution in [2.24, 2.45) is 11.7 Å². The molecule has 0 saturated heterocycles. The molecule has 4 heteroatoms. The Hall–Kier alpha value is -1.16. The van der Waals surface area contributed by atoms with Gasteiger partial charge >= 0.3 is 0 Å². The molecular formula is C12H18N2OS. The molecule has 3 nitrogen and oxygen atoms in total. The molecule has 0 radical (unpaired) electrons. The summed E-state index contributed by atoms with van der Waals surface area (Å²) in [6.45, 7) is 5.08. The van der Waals surface area contributed by atoms with Gasteiger partial charge < -0.3 is 10.5 Å². The van der Waals surface area contributed by atoms with Crippen LogP contribution in [0.1, 0.15) is 32.4 Å². The van der Waals surface area contributed by atoms with E-state index in [4.69, 9.17) is 22.7 Å². The predicted octanol–water partition coefficient (Wildman–Crippen LogP) is 2.53. The second-order valence-electron chi connectivity index (χ2n) is 3.95. The zero-order valence-corrected chi connectivity index (χ0v) is 10.6. The van der Waals surface area contributed by atoms with E-state index in [1.165, 1.54) is 12.8 Å². The van der Waals surface area contributed by atoms with Crippen LogP contribution in [0.3, 0.4) is 0 Å². The van der Waals surface area contributed by atoms with E-state index in [-0.39, 0.29) is 0 Å². The van der Waals surface area contributed by atoms with E-state index in [0.29, 0.717) is 16.6 Å². The first kappa shape index (κ1) is 12.9. The molecule has 0 aromatic carbocycles. The highest BCUT2D eigenvalue weighted by Crippen LogP contribution is 2.12. The number of hydrogen-bond acceptors (Lipinski definition) is 3. The van der Waals surface area contributed by atoms with E-state index in [9.17, 15) is 0 Å². The highest BCUT2D eigenvalue weighted by atomic mass is 32.1. The maximum atomic E-state index is 5.61. The average Bonchev–Trinajstić information content (AvgIpc) is 2.27. The summed E-state index contributed by atoms with van der Waals surface area (Å²) < 4.78 is 5.61. The Morgan fingerprint density at radius 3 is 2.81 bits per heavy atom. The number of aromatic nitrogens is 1. The first-order chi connectivity index (χ1) is 7.63. The molecule has 0 spiro atoms. The van der Waals surface area contributed by atoms with Crippen molar-refractivity contribution in [1.82, 2.24) is 4.98 Å². The standard InChI is InChI=1S/C12H18N2OS/c1-3-4-9(2)8-15-10-5-6-11(12(13)16)14-7-10/h5-7,9H,3-4,8H2,1-2H3,(H2,13,16). The Morgan fingerprint density at radius 1 is 1.56 bits per heavy atom. The van der Waals surface area contributed by atoms with Gasteiger partial charge in [0, 0.05) is 0 Å². The lowest BCUT2D eigenvalue weighted by Crippen LogP contribution is -2.12. The summed E-state index contributed by atoms with van der Waals surface area (Å²) in [5.74, 6) is 1.34. The molecule has 0 bridgehead atoms. The third-order valence-corrected chi connectivity index (χ3v) is 2.51. The molecule has 0 amide bonds. The fourth-order valence-electron chi connectivity index (χ4n) is 1.43. The van der Waals surface area contributed by atoms with E-state index in [2.05, 4.69) is 18.8 Å². The van der Waals surface area contributed by atoms with Gasteiger partial charge in [-0.1, -0.05) is 32.5 Å². The minimum atomic E-state index is 0.311. The van der Waals surface area contributed by atoms with Crippen molar-refractivity contribution in [3.8, 4) is 5.75 Å². The summed E-state index contributed by atoms with van der Waals surface area (Å²) in [7, 11) is 0. The molecule has 16 heavy (non-hydrogen) atoms. The summed E-state index contributed by atoms with van der Waals surface area (Å²) in [6, 6.07) is 3.63. The van der Waals surface area contributed by atoms with Gasteiger partial charge in [0.1, 0.15) is 10.7 Å². The van der Waals surface area contributed by atoms with Gasteiger partial charge in [-0.2, -0.15) is 0 Å². The lowest BCUT2D eigenvalue weighted by atomic mass is 10.1. The highest BCUT2D eigenvalue weighted by Gasteiger charge is 2.03. The van der Waals surface area contributed by atoms with Gasteiger partial charge in [-0.25, -0.2) is 4.98 Å². The van der Waals surface area contributed by atoms with Gasteiger partial charge in [-0.3, -0.25) is 0 Å². The quantitative estimate of drug-likeness (QED) is 0.774. The Labute approximate surface area is 102 Å². The van der Waals surface area contributed by atoms with Crippen LogP contribution in [0.5, 0.6) is 5.75 Å². The van der Waals surface area contributed by atoms with E-state index in [0.717, 1.165) is 12.4 Å². The molecule has 0 fully saturated rings. The molecule has 88 valence electrons. The second kappa shape index (κ2) is 6.43. The number of nitrogens with zero attached hydrogens (tertiary/aromatic N) is 1. The Morgan fingerprint density at radius 2 is 2.31 bits per heavy atom. The van der Waals surface area contributed by atoms with E-state index < -0.39 is 0 Å².